The van der Waals surface area contributed by atoms with E-state index in [0.717, 1.165) is 0 Å². The van der Waals surface area contributed by atoms with E-state index in [1.165, 1.54) is 24.0 Å². The Bertz CT molecular complexity index is 387. The number of ether oxygens (including phenoxy) is 2. The van der Waals surface area contributed by atoms with E-state index in [0.29, 0.717) is 26.1 Å². The van der Waals surface area contributed by atoms with E-state index in [-0.39, 0.29) is 25.5 Å². The van der Waals surface area contributed by atoms with Gasteiger partial charge in [0.05, 0.1) is 26.1 Å². The normalized spacial score (nSPS) is 17.6. The van der Waals surface area contributed by atoms with E-state index in [2.05, 4.69) is 4.74 Å². The number of amides is 2. The molecule has 1 heterocycles. The number of carbonyl (C=O) groups excluding carboxylic acids is 2. The van der Waals surface area contributed by atoms with Crippen LogP contribution in [0.3, 0.4) is 0 Å². The van der Waals surface area contributed by atoms with Gasteiger partial charge >= 0.3 is 18.0 Å². The van der Waals surface area contributed by atoms with Gasteiger partial charge in [0.2, 0.25) is 0 Å². The molecular weight excluding hydrogens is 280 g/mol. The van der Waals surface area contributed by atoms with Gasteiger partial charge in [-0.15, -0.1) is 0 Å². The van der Waals surface area contributed by atoms with Crippen LogP contribution in [0.1, 0.15) is 12.8 Å². The summed E-state index contributed by atoms with van der Waals surface area (Å²) >= 11 is 0. The third kappa shape index (κ3) is 5.22. The number of carboxylic acids is 1. The number of methoxy groups -OCH3 is 2. The fraction of sp³-hybridized carbons (Fsp3) is 0.769. The van der Waals surface area contributed by atoms with Crippen LogP contribution in [0.4, 0.5) is 4.79 Å². The summed E-state index contributed by atoms with van der Waals surface area (Å²) in [5, 5.41) is 8.97. The van der Waals surface area contributed by atoms with E-state index in [4.69, 9.17) is 9.84 Å². The molecule has 0 radical (unpaired) electrons. The van der Waals surface area contributed by atoms with E-state index < -0.39 is 17.9 Å². The quantitative estimate of drug-likeness (QED) is 0.666. The summed E-state index contributed by atoms with van der Waals surface area (Å²) in [5.74, 6) is -1.79. The predicted octanol–water partition coefficient (Wildman–Crippen LogP) is 0.0244. The summed E-state index contributed by atoms with van der Waals surface area (Å²) in [6.07, 6.45) is 0.554. The number of carbonyl (C=O) groups is 3. The van der Waals surface area contributed by atoms with E-state index >= 15 is 0 Å². The zero-order chi connectivity index (χ0) is 15.8. The van der Waals surface area contributed by atoms with Crippen molar-refractivity contribution in [1.29, 1.82) is 0 Å². The minimum absolute atomic E-state index is 0.0994. The first kappa shape index (κ1) is 17.2. The smallest absolute Gasteiger partial charge is 0.320 e. The molecule has 120 valence electrons. The molecule has 2 amide bonds. The second-order valence-electron chi connectivity index (χ2n) is 4.86. The van der Waals surface area contributed by atoms with E-state index in [1.807, 2.05) is 0 Å². The Morgan fingerprint density at radius 1 is 1.29 bits per heavy atom. The standard InChI is InChI=1S/C13H22N2O6/c1-20-8-7-14(6-4-11(16)21-2)13(19)15-5-3-10(9-15)12(17)18/h10H,3-9H2,1-2H3,(H,17,18). The van der Waals surface area contributed by atoms with Crippen LogP contribution in [0, 0.1) is 5.92 Å². The maximum Gasteiger partial charge on any atom is 0.320 e. The van der Waals surface area contributed by atoms with Crippen LogP contribution in [0.5, 0.6) is 0 Å². The average molecular weight is 302 g/mol. The van der Waals surface area contributed by atoms with Gasteiger partial charge in [-0.25, -0.2) is 4.79 Å². The highest BCUT2D eigenvalue weighted by molar-refractivity contribution is 5.78. The number of nitrogens with zero attached hydrogens (tertiary/aromatic N) is 2. The molecule has 1 unspecified atom stereocenters. The van der Waals surface area contributed by atoms with Gasteiger partial charge < -0.3 is 24.4 Å². The molecule has 1 rings (SSSR count). The summed E-state index contributed by atoms with van der Waals surface area (Å²) < 4.78 is 9.51. The molecule has 1 atom stereocenters. The molecule has 1 aliphatic heterocycles. The van der Waals surface area contributed by atoms with Crippen LogP contribution in [0.15, 0.2) is 0 Å². The first-order chi connectivity index (χ1) is 9.99. The highest BCUT2D eigenvalue weighted by Gasteiger charge is 2.33. The molecule has 1 saturated heterocycles. The molecule has 0 saturated carbocycles. The van der Waals surface area contributed by atoms with Crippen LogP contribution in [-0.4, -0.2) is 79.9 Å². The third-order valence-electron chi connectivity index (χ3n) is 3.46. The first-order valence-corrected chi connectivity index (χ1v) is 6.82. The number of likely N-dealkylation sites (tertiary alicyclic amines) is 1. The number of hydrogen-bond acceptors (Lipinski definition) is 5. The van der Waals surface area contributed by atoms with Crippen molar-refractivity contribution >= 4 is 18.0 Å². The van der Waals surface area contributed by atoms with Crippen molar-refractivity contribution in [3.05, 3.63) is 0 Å². The molecule has 1 aliphatic rings. The lowest BCUT2D eigenvalue weighted by atomic mass is 10.1. The van der Waals surface area contributed by atoms with Crippen LogP contribution in [-0.2, 0) is 19.1 Å². The van der Waals surface area contributed by atoms with Crippen LogP contribution in [0.25, 0.3) is 0 Å². The van der Waals surface area contributed by atoms with Gasteiger partial charge in [-0.3, -0.25) is 9.59 Å². The second-order valence-corrected chi connectivity index (χ2v) is 4.86. The molecule has 0 spiro atoms. The lowest BCUT2D eigenvalue weighted by Gasteiger charge is -2.27. The average Bonchev–Trinajstić information content (AvgIpc) is 2.96. The lowest BCUT2D eigenvalue weighted by Crippen LogP contribution is -2.44. The molecule has 0 aromatic heterocycles. The molecule has 0 aliphatic carbocycles. The maximum atomic E-state index is 12.4. The Kier molecular flexibility index (Phi) is 6.93. The van der Waals surface area contributed by atoms with Gasteiger partial charge in [-0.1, -0.05) is 0 Å². The second kappa shape index (κ2) is 8.46. The van der Waals surface area contributed by atoms with Crippen molar-refractivity contribution in [2.45, 2.75) is 12.8 Å². The van der Waals surface area contributed by atoms with Crippen molar-refractivity contribution in [3.8, 4) is 0 Å². The molecule has 0 aromatic rings. The fourth-order valence-electron chi connectivity index (χ4n) is 2.17. The van der Waals surface area contributed by atoms with E-state index in [1.54, 1.807) is 0 Å². The highest BCUT2D eigenvalue weighted by atomic mass is 16.5. The number of urea groups is 1. The molecular formula is C13H22N2O6. The monoisotopic (exact) mass is 302 g/mol. The number of rotatable bonds is 7. The first-order valence-electron chi connectivity index (χ1n) is 6.82. The Morgan fingerprint density at radius 3 is 2.52 bits per heavy atom. The van der Waals surface area contributed by atoms with Crippen LogP contribution >= 0.6 is 0 Å². The Morgan fingerprint density at radius 2 is 2.00 bits per heavy atom. The van der Waals surface area contributed by atoms with Gasteiger partial charge in [-0.2, -0.15) is 0 Å². The van der Waals surface area contributed by atoms with Gasteiger partial charge in [0.25, 0.3) is 0 Å². The van der Waals surface area contributed by atoms with E-state index in [9.17, 15) is 14.4 Å². The van der Waals surface area contributed by atoms with Gasteiger partial charge in [0.15, 0.2) is 0 Å². The Labute approximate surface area is 123 Å². The Hall–Kier alpha value is -1.83. The number of carboxylic acid groups (broad SMARTS) is 1. The van der Waals surface area contributed by atoms with Crippen molar-refractivity contribution in [1.82, 2.24) is 9.80 Å². The zero-order valence-electron chi connectivity index (χ0n) is 12.4. The maximum absolute atomic E-state index is 12.4. The number of esters is 1. The summed E-state index contributed by atoms with van der Waals surface area (Å²) in [7, 11) is 2.82. The van der Waals surface area contributed by atoms with Crippen LogP contribution in [0.2, 0.25) is 0 Å². The summed E-state index contributed by atoms with van der Waals surface area (Å²) in [4.78, 5) is 37.5. The summed E-state index contributed by atoms with van der Waals surface area (Å²) in [6.45, 7) is 1.54. The topological polar surface area (TPSA) is 96.4 Å². The van der Waals surface area contributed by atoms with Crippen molar-refractivity contribution < 1.29 is 29.0 Å². The predicted molar refractivity (Wildman–Crippen MR) is 72.8 cm³/mol. The summed E-state index contributed by atoms with van der Waals surface area (Å²) in [6, 6.07) is -0.264. The van der Waals surface area contributed by atoms with Gasteiger partial charge in [0, 0.05) is 33.3 Å². The minimum atomic E-state index is -0.886. The number of aliphatic carboxylic acids is 1. The highest BCUT2D eigenvalue weighted by Crippen LogP contribution is 2.18. The molecule has 1 fully saturated rings. The molecule has 21 heavy (non-hydrogen) atoms. The molecule has 8 heteroatoms. The number of hydrogen-bond donors (Lipinski definition) is 1. The largest absolute Gasteiger partial charge is 0.481 e. The van der Waals surface area contributed by atoms with Gasteiger partial charge in [0.1, 0.15) is 0 Å². The molecule has 8 nitrogen and oxygen atoms in total. The van der Waals surface area contributed by atoms with Crippen LogP contribution < -0.4 is 0 Å². The lowest BCUT2D eigenvalue weighted by molar-refractivity contribution is -0.141. The van der Waals surface area contributed by atoms with Crippen molar-refractivity contribution in [2.24, 2.45) is 5.92 Å². The SMILES string of the molecule is COCCN(CCC(=O)OC)C(=O)N1CCC(C(=O)O)C1. The zero-order valence-corrected chi connectivity index (χ0v) is 12.4. The third-order valence-corrected chi connectivity index (χ3v) is 3.46. The minimum Gasteiger partial charge on any atom is -0.481 e. The van der Waals surface area contributed by atoms with Crippen molar-refractivity contribution in [3.63, 3.8) is 0 Å². The molecule has 0 aromatic carbocycles. The fourth-order valence-corrected chi connectivity index (χ4v) is 2.17. The van der Waals surface area contributed by atoms with Gasteiger partial charge in [-0.05, 0) is 6.42 Å². The Balaban J connectivity index is 2.58. The van der Waals surface area contributed by atoms with Crippen molar-refractivity contribution in [2.75, 3.05) is 47.0 Å². The molecule has 0 bridgehead atoms. The summed E-state index contributed by atoms with van der Waals surface area (Å²) in [5.41, 5.74) is 0. The molecule has 1 N–H and O–H groups in total.